The Bertz CT molecular complexity index is 747. The maximum Gasteiger partial charge on any atom is 0.224 e. The number of hydrogen-bond donors (Lipinski definition) is 1. The lowest BCUT2D eigenvalue weighted by atomic mass is 9.99. The van der Waals surface area contributed by atoms with Crippen molar-refractivity contribution in [2.45, 2.75) is 40.5 Å². The van der Waals surface area contributed by atoms with E-state index in [4.69, 9.17) is 0 Å². The molecule has 2 rings (SSSR count). The Kier molecular flexibility index (Phi) is 5.32. The Balaban J connectivity index is 1.97. The van der Waals surface area contributed by atoms with Gasteiger partial charge in [0.15, 0.2) is 5.78 Å². The highest BCUT2D eigenvalue weighted by Crippen LogP contribution is 2.18. The maximum absolute atomic E-state index is 12.3. The number of anilines is 1. The molecule has 1 N–H and O–H groups in total. The summed E-state index contributed by atoms with van der Waals surface area (Å²) in [4.78, 5) is 24.4. The van der Waals surface area contributed by atoms with Crippen LogP contribution in [0.1, 0.15) is 45.5 Å². The lowest BCUT2D eigenvalue weighted by Crippen LogP contribution is -2.14. The van der Waals surface area contributed by atoms with Gasteiger partial charge in [0.1, 0.15) is 0 Å². The normalized spacial score (nSPS) is 10.4. The van der Waals surface area contributed by atoms with E-state index in [9.17, 15) is 9.59 Å². The number of aryl methyl sites for hydroxylation is 4. The van der Waals surface area contributed by atoms with Crippen LogP contribution >= 0.6 is 0 Å². The largest absolute Gasteiger partial charge is 0.326 e. The van der Waals surface area contributed by atoms with Crippen LogP contribution in [0, 0.1) is 27.7 Å². The van der Waals surface area contributed by atoms with E-state index in [-0.39, 0.29) is 24.5 Å². The van der Waals surface area contributed by atoms with Crippen molar-refractivity contribution >= 4 is 17.4 Å². The standard InChI is InChI=1S/C20H23NO2/c1-13-5-7-15(3)17(11-13)19(22)9-10-20(23)21-18-12-14(2)6-8-16(18)4/h5-8,11-12H,9-10H2,1-4H3,(H,21,23). The Morgan fingerprint density at radius 1 is 0.826 bits per heavy atom. The zero-order chi connectivity index (χ0) is 17.0. The number of hydrogen-bond acceptors (Lipinski definition) is 2. The van der Waals surface area contributed by atoms with Gasteiger partial charge in [0.25, 0.3) is 0 Å². The van der Waals surface area contributed by atoms with E-state index in [1.165, 1.54) is 0 Å². The molecule has 0 saturated carbocycles. The second-order valence-electron chi connectivity index (χ2n) is 6.11. The van der Waals surface area contributed by atoms with E-state index < -0.39 is 0 Å². The molecule has 3 heteroatoms. The zero-order valence-corrected chi connectivity index (χ0v) is 14.2. The molecule has 0 heterocycles. The Morgan fingerprint density at radius 3 is 2.13 bits per heavy atom. The lowest BCUT2D eigenvalue weighted by Gasteiger charge is -2.10. The number of benzene rings is 2. The Labute approximate surface area is 137 Å². The molecule has 0 aliphatic heterocycles. The molecule has 0 spiro atoms. The topological polar surface area (TPSA) is 46.2 Å². The molecule has 3 nitrogen and oxygen atoms in total. The molecule has 0 aliphatic carbocycles. The minimum atomic E-state index is -0.127. The first-order valence-corrected chi connectivity index (χ1v) is 7.84. The van der Waals surface area contributed by atoms with E-state index in [1.54, 1.807) is 0 Å². The van der Waals surface area contributed by atoms with E-state index in [2.05, 4.69) is 5.32 Å². The number of Topliss-reactive ketones (excluding diaryl/α,β-unsaturated/α-hetero) is 1. The summed E-state index contributed by atoms with van der Waals surface area (Å²) >= 11 is 0. The summed E-state index contributed by atoms with van der Waals surface area (Å²) in [6, 6.07) is 11.7. The molecule has 0 aliphatic rings. The average Bonchev–Trinajstić information content (AvgIpc) is 2.51. The van der Waals surface area contributed by atoms with Gasteiger partial charge in [0.2, 0.25) is 5.91 Å². The van der Waals surface area contributed by atoms with Crippen molar-refractivity contribution in [3.05, 3.63) is 64.2 Å². The number of nitrogens with one attached hydrogen (secondary N) is 1. The van der Waals surface area contributed by atoms with E-state index >= 15 is 0 Å². The molecule has 0 bridgehead atoms. The van der Waals surface area contributed by atoms with Crippen molar-refractivity contribution in [1.29, 1.82) is 0 Å². The summed E-state index contributed by atoms with van der Waals surface area (Å²) in [5.41, 5.74) is 5.65. The molecule has 2 aromatic carbocycles. The van der Waals surface area contributed by atoms with Crippen LogP contribution < -0.4 is 5.32 Å². The first-order chi connectivity index (χ1) is 10.9. The molecule has 0 saturated heterocycles. The summed E-state index contributed by atoms with van der Waals surface area (Å²) in [5.74, 6) is -0.111. The number of ketones is 1. The molecule has 0 aromatic heterocycles. The van der Waals surface area contributed by atoms with Crippen LogP contribution in [0.5, 0.6) is 0 Å². The van der Waals surface area contributed by atoms with Crippen molar-refractivity contribution in [2.75, 3.05) is 5.32 Å². The van der Waals surface area contributed by atoms with Crippen molar-refractivity contribution < 1.29 is 9.59 Å². The number of carbonyl (C=O) groups excluding carboxylic acids is 2. The molecule has 120 valence electrons. The molecule has 0 radical (unpaired) electrons. The Hall–Kier alpha value is -2.42. The predicted molar refractivity (Wildman–Crippen MR) is 94.0 cm³/mol. The molecule has 0 atom stereocenters. The van der Waals surface area contributed by atoms with Crippen LogP contribution in [0.25, 0.3) is 0 Å². The Morgan fingerprint density at radius 2 is 1.43 bits per heavy atom. The average molecular weight is 309 g/mol. The first kappa shape index (κ1) is 16.9. The summed E-state index contributed by atoms with van der Waals surface area (Å²) in [6.45, 7) is 7.82. The smallest absolute Gasteiger partial charge is 0.224 e. The van der Waals surface area contributed by atoms with Crippen molar-refractivity contribution in [1.82, 2.24) is 0 Å². The number of rotatable bonds is 5. The molecule has 0 unspecified atom stereocenters. The summed E-state index contributed by atoms with van der Waals surface area (Å²) in [6.07, 6.45) is 0.417. The van der Waals surface area contributed by atoms with Gasteiger partial charge in [-0.2, -0.15) is 0 Å². The van der Waals surface area contributed by atoms with E-state index in [0.717, 1.165) is 27.9 Å². The molecule has 0 fully saturated rings. The minimum absolute atomic E-state index is 0.0160. The van der Waals surface area contributed by atoms with Gasteiger partial charge in [0.05, 0.1) is 0 Å². The molecule has 23 heavy (non-hydrogen) atoms. The molecule has 1 amide bonds. The third-order valence-electron chi connectivity index (χ3n) is 3.94. The van der Waals surface area contributed by atoms with Gasteiger partial charge in [-0.15, -0.1) is 0 Å². The van der Waals surface area contributed by atoms with Gasteiger partial charge < -0.3 is 5.32 Å². The summed E-state index contributed by atoms with van der Waals surface area (Å²) in [7, 11) is 0. The minimum Gasteiger partial charge on any atom is -0.326 e. The van der Waals surface area contributed by atoms with Gasteiger partial charge in [-0.1, -0.05) is 29.8 Å². The predicted octanol–water partition coefficient (Wildman–Crippen LogP) is 4.52. The van der Waals surface area contributed by atoms with Crippen molar-refractivity contribution in [3.63, 3.8) is 0 Å². The summed E-state index contributed by atoms with van der Waals surface area (Å²) in [5, 5.41) is 2.89. The second-order valence-corrected chi connectivity index (χ2v) is 6.11. The molecule has 2 aromatic rings. The van der Waals surface area contributed by atoms with Gasteiger partial charge >= 0.3 is 0 Å². The fourth-order valence-corrected chi connectivity index (χ4v) is 2.48. The van der Waals surface area contributed by atoms with Crippen LogP contribution in [-0.2, 0) is 4.79 Å². The van der Waals surface area contributed by atoms with Crippen LogP contribution in [0.2, 0.25) is 0 Å². The van der Waals surface area contributed by atoms with Crippen LogP contribution in [-0.4, -0.2) is 11.7 Å². The second kappa shape index (κ2) is 7.23. The van der Waals surface area contributed by atoms with Gasteiger partial charge in [-0.05, 0) is 56.5 Å². The quantitative estimate of drug-likeness (QED) is 0.825. The summed E-state index contributed by atoms with van der Waals surface area (Å²) < 4.78 is 0. The SMILES string of the molecule is Cc1ccc(C)c(NC(=O)CCC(=O)c2cc(C)ccc2C)c1. The van der Waals surface area contributed by atoms with E-state index in [0.29, 0.717) is 5.56 Å². The molecular formula is C20H23NO2. The van der Waals surface area contributed by atoms with Crippen LogP contribution in [0.4, 0.5) is 5.69 Å². The number of amides is 1. The fraction of sp³-hybridized carbons (Fsp3) is 0.300. The highest BCUT2D eigenvalue weighted by Gasteiger charge is 2.12. The van der Waals surface area contributed by atoms with Crippen molar-refractivity contribution in [3.8, 4) is 0 Å². The highest BCUT2D eigenvalue weighted by atomic mass is 16.2. The fourth-order valence-electron chi connectivity index (χ4n) is 2.48. The lowest BCUT2D eigenvalue weighted by molar-refractivity contribution is -0.116. The van der Waals surface area contributed by atoms with Crippen LogP contribution in [0.15, 0.2) is 36.4 Å². The van der Waals surface area contributed by atoms with Gasteiger partial charge in [-0.25, -0.2) is 0 Å². The highest BCUT2D eigenvalue weighted by molar-refractivity contribution is 6.01. The van der Waals surface area contributed by atoms with E-state index in [1.807, 2.05) is 64.1 Å². The first-order valence-electron chi connectivity index (χ1n) is 7.84. The van der Waals surface area contributed by atoms with Gasteiger partial charge in [-0.3, -0.25) is 9.59 Å². The number of carbonyl (C=O) groups is 2. The third kappa shape index (κ3) is 4.52. The molecular weight excluding hydrogens is 286 g/mol. The van der Waals surface area contributed by atoms with Crippen LogP contribution in [0.3, 0.4) is 0 Å². The third-order valence-corrected chi connectivity index (χ3v) is 3.94. The maximum atomic E-state index is 12.3. The van der Waals surface area contributed by atoms with Crippen molar-refractivity contribution in [2.24, 2.45) is 0 Å². The van der Waals surface area contributed by atoms with Gasteiger partial charge in [0, 0.05) is 24.1 Å². The zero-order valence-electron chi connectivity index (χ0n) is 14.2. The monoisotopic (exact) mass is 309 g/mol.